The first kappa shape index (κ1) is 6.61. The molecule has 3 nitrogen and oxygen atoms in total. The Balaban J connectivity index is 2.86. The number of halogens is 1. The van der Waals surface area contributed by atoms with Crippen LogP contribution in [0.5, 0.6) is 0 Å². The highest BCUT2D eigenvalue weighted by atomic mass is 35.5. The van der Waals surface area contributed by atoms with Crippen molar-refractivity contribution in [3.63, 3.8) is 0 Å². The van der Waals surface area contributed by atoms with Gasteiger partial charge in [-0.05, 0) is 12.1 Å². The average Bonchev–Trinajstić information content (AvgIpc) is 2.32. The molecule has 0 spiro atoms. The van der Waals surface area contributed by atoms with E-state index in [1.165, 1.54) is 0 Å². The summed E-state index contributed by atoms with van der Waals surface area (Å²) < 4.78 is 1.78. The third-order valence-corrected chi connectivity index (χ3v) is 1.70. The third-order valence-electron chi connectivity index (χ3n) is 1.49. The molecule has 1 radical (unpaired) electrons. The van der Waals surface area contributed by atoms with Gasteiger partial charge in [0.05, 0.1) is 5.52 Å². The number of hydrogen-bond donors (Lipinski definition) is 0. The number of aryl methyl sites for hydroxylation is 1. The number of pyridine rings is 1. The normalized spacial score (nSPS) is 10.7. The fraction of sp³-hybridized carbons (Fsp3) is 0.143. The van der Waals surface area contributed by atoms with Gasteiger partial charge in [0.25, 0.3) is 0 Å². The van der Waals surface area contributed by atoms with E-state index in [2.05, 4.69) is 16.3 Å². The van der Waals surface area contributed by atoms with Gasteiger partial charge in [-0.25, -0.2) is 9.97 Å². The van der Waals surface area contributed by atoms with Crippen molar-refractivity contribution in [2.45, 2.75) is 0 Å². The van der Waals surface area contributed by atoms with E-state index < -0.39 is 0 Å². The SMILES string of the molecule is Cn1[c]nc2nc(Cl)ccc21. The topological polar surface area (TPSA) is 30.7 Å². The van der Waals surface area contributed by atoms with Gasteiger partial charge in [0.1, 0.15) is 5.15 Å². The highest BCUT2D eigenvalue weighted by Gasteiger charge is 2.00. The first-order chi connectivity index (χ1) is 5.27. The van der Waals surface area contributed by atoms with Crippen molar-refractivity contribution in [2.24, 2.45) is 7.05 Å². The van der Waals surface area contributed by atoms with E-state index in [1.54, 1.807) is 10.6 Å². The van der Waals surface area contributed by atoms with Gasteiger partial charge in [0.15, 0.2) is 12.0 Å². The second kappa shape index (κ2) is 2.20. The van der Waals surface area contributed by atoms with Crippen molar-refractivity contribution in [3.8, 4) is 0 Å². The lowest BCUT2D eigenvalue weighted by molar-refractivity contribution is 0.936. The van der Waals surface area contributed by atoms with Crippen LogP contribution in [-0.2, 0) is 7.05 Å². The van der Waals surface area contributed by atoms with Crippen LogP contribution in [0.2, 0.25) is 5.15 Å². The molecule has 2 aromatic rings. The van der Waals surface area contributed by atoms with Gasteiger partial charge in [-0.2, -0.15) is 0 Å². The van der Waals surface area contributed by atoms with Crippen LogP contribution in [0.3, 0.4) is 0 Å². The summed E-state index contributed by atoms with van der Waals surface area (Å²) in [6, 6.07) is 3.60. The molecule has 0 unspecified atom stereocenters. The van der Waals surface area contributed by atoms with Gasteiger partial charge in [0, 0.05) is 7.05 Å². The van der Waals surface area contributed by atoms with Crippen molar-refractivity contribution in [2.75, 3.05) is 0 Å². The summed E-state index contributed by atoms with van der Waals surface area (Å²) in [5.74, 6) is 0. The summed E-state index contributed by atoms with van der Waals surface area (Å²) in [6.45, 7) is 0. The molecule has 0 atom stereocenters. The predicted octanol–water partition coefficient (Wildman–Crippen LogP) is 1.42. The van der Waals surface area contributed by atoms with Crippen LogP contribution >= 0.6 is 11.6 Å². The lowest BCUT2D eigenvalue weighted by Gasteiger charge is -1.91. The average molecular weight is 167 g/mol. The lowest BCUT2D eigenvalue weighted by Crippen LogP contribution is -1.84. The van der Waals surface area contributed by atoms with Crippen molar-refractivity contribution in [1.82, 2.24) is 14.5 Å². The molecule has 0 aliphatic heterocycles. The van der Waals surface area contributed by atoms with Crippen LogP contribution in [0.1, 0.15) is 0 Å². The molecule has 0 amide bonds. The second-order valence-corrected chi connectivity index (χ2v) is 2.63. The van der Waals surface area contributed by atoms with Crippen LogP contribution in [-0.4, -0.2) is 14.5 Å². The first-order valence-corrected chi connectivity index (χ1v) is 3.52. The molecule has 0 saturated carbocycles. The molecule has 0 N–H and O–H groups in total. The zero-order valence-electron chi connectivity index (χ0n) is 5.87. The predicted molar refractivity (Wildman–Crippen MR) is 42.4 cm³/mol. The second-order valence-electron chi connectivity index (χ2n) is 2.25. The van der Waals surface area contributed by atoms with Crippen LogP contribution in [0.4, 0.5) is 0 Å². The van der Waals surface area contributed by atoms with Gasteiger partial charge in [0.2, 0.25) is 0 Å². The zero-order valence-corrected chi connectivity index (χ0v) is 6.63. The molecule has 0 aromatic carbocycles. The smallest absolute Gasteiger partial charge is 0.179 e. The van der Waals surface area contributed by atoms with Gasteiger partial charge >= 0.3 is 0 Å². The molecule has 0 bridgehead atoms. The molecule has 11 heavy (non-hydrogen) atoms. The highest BCUT2D eigenvalue weighted by molar-refractivity contribution is 6.29. The van der Waals surface area contributed by atoms with E-state index in [4.69, 9.17) is 11.6 Å². The van der Waals surface area contributed by atoms with Crippen molar-refractivity contribution in [3.05, 3.63) is 23.6 Å². The van der Waals surface area contributed by atoms with Gasteiger partial charge < -0.3 is 4.57 Å². The fourth-order valence-electron chi connectivity index (χ4n) is 0.938. The Hall–Kier alpha value is -1.09. The summed E-state index contributed by atoms with van der Waals surface area (Å²) in [5.41, 5.74) is 1.58. The third kappa shape index (κ3) is 0.973. The monoisotopic (exact) mass is 166 g/mol. The Morgan fingerprint density at radius 3 is 3.18 bits per heavy atom. The Morgan fingerprint density at radius 2 is 2.36 bits per heavy atom. The number of rotatable bonds is 0. The van der Waals surface area contributed by atoms with Crippen LogP contribution in [0, 0.1) is 6.33 Å². The minimum atomic E-state index is 0.463. The van der Waals surface area contributed by atoms with E-state index in [0.717, 1.165) is 5.52 Å². The molecule has 0 fully saturated rings. The molecule has 2 heterocycles. The molecule has 0 aliphatic carbocycles. The Morgan fingerprint density at radius 1 is 1.55 bits per heavy atom. The molecule has 55 valence electrons. The Kier molecular flexibility index (Phi) is 1.32. The molecule has 0 saturated heterocycles. The summed E-state index contributed by atoms with van der Waals surface area (Å²) in [6.07, 6.45) is 2.75. The van der Waals surface area contributed by atoms with Gasteiger partial charge in [-0.15, -0.1) is 0 Å². The van der Waals surface area contributed by atoms with Crippen molar-refractivity contribution in [1.29, 1.82) is 0 Å². The molecule has 4 heteroatoms. The first-order valence-electron chi connectivity index (χ1n) is 3.14. The molecule has 2 rings (SSSR count). The molecular formula is C7H5ClN3. The van der Waals surface area contributed by atoms with Crippen LogP contribution in [0.25, 0.3) is 11.2 Å². The lowest BCUT2D eigenvalue weighted by atomic mass is 10.4. The van der Waals surface area contributed by atoms with Crippen molar-refractivity contribution >= 4 is 22.8 Å². The summed E-state index contributed by atoms with van der Waals surface area (Å²) in [5, 5.41) is 0.463. The molecule has 0 aliphatic rings. The van der Waals surface area contributed by atoms with E-state index in [-0.39, 0.29) is 0 Å². The molecule has 2 aromatic heterocycles. The standard InChI is InChI=1S/C7H5ClN3/c1-11-4-9-7-5(11)2-3-6(8)10-7/h2-3H,1H3. The number of hydrogen-bond acceptors (Lipinski definition) is 2. The highest BCUT2D eigenvalue weighted by Crippen LogP contribution is 2.11. The minimum Gasteiger partial charge on any atom is -0.323 e. The maximum absolute atomic E-state index is 5.65. The van der Waals surface area contributed by atoms with Crippen LogP contribution in [0.15, 0.2) is 12.1 Å². The van der Waals surface area contributed by atoms with E-state index in [1.807, 2.05) is 13.1 Å². The number of nitrogens with zero attached hydrogens (tertiary/aromatic N) is 3. The quantitative estimate of drug-likeness (QED) is 0.555. The van der Waals surface area contributed by atoms with E-state index in [0.29, 0.717) is 10.8 Å². The minimum absolute atomic E-state index is 0.463. The largest absolute Gasteiger partial charge is 0.323 e. The van der Waals surface area contributed by atoms with E-state index in [9.17, 15) is 0 Å². The fourth-order valence-corrected chi connectivity index (χ4v) is 1.08. The van der Waals surface area contributed by atoms with Gasteiger partial charge in [-0.1, -0.05) is 11.6 Å². The molecular weight excluding hydrogens is 162 g/mol. The van der Waals surface area contributed by atoms with Crippen LogP contribution < -0.4 is 0 Å². The Labute approximate surface area is 68.6 Å². The van der Waals surface area contributed by atoms with Gasteiger partial charge in [-0.3, -0.25) is 0 Å². The Bertz CT molecular complexity index is 393. The summed E-state index contributed by atoms with van der Waals surface area (Å²) in [4.78, 5) is 7.92. The summed E-state index contributed by atoms with van der Waals surface area (Å²) in [7, 11) is 1.87. The number of fused-ring (bicyclic) bond motifs is 1. The van der Waals surface area contributed by atoms with Crippen molar-refractivity contribution < 1.29 is 0 Å². The number of aromatic nitrogens is 3. The maximum Gasteiger partial charge on any atom is 0.179 e. The maximum atomic E-state index is 5.65. The number of imidazole rings is 1. The summed E-state index contributed by atoms with van der Waals surface area (Å²) >= 11 is 5.65. The van der Waals surface area contributed by atoms with E-state index >= 15 is 0 Å². The zero-order chi connectivity index (χ0) is 7.84.